The zero-order valence-corrected chi connectivity index (χ0v) is 13.8. The molecule has 2 aromatic carbocycles. The summed E-state index contributed by atoms with van der Waals surface area (Å²) < 4.78 is 11.6. The SMILES string of the molecule is COc1cccc(OCCNC(=O)c2ccccc2I)c1. The van der Waals surface area contributed by atoms with Crippen LogP contribution in [-0.4, -0.2) is 26.2 Å². The van der Waals surface area contributed by atoms with E-state index < -0.39 is 0 Å². The van der Waals surface area contributed by atoms with Crippen molar-refractivity contribution < 1.29 is 14.3 Å². The molecule has 1 N–H and O–H groups in total. The van der Waals surface area contributed by atoms with Crippen LogP contribution >= 0.6 is 22.6 Å². The smallest absolute Gasteiger partial charge is 0.252 e. The largest absolute Gasteiger partial charge is 0.497 e. The predicted molar refractivity (Wildman–Crippen MR) is 90.0 cm³/mol. The van der Waals surface area contributed by atoms with E-state index in [9.17, 15) is 4.79 Å². The maximum absolute atomic E-state index is 12.0. The molecule has 2 rings (SSSR count). The van der Waals surface area contributed by atoms with Crippen LogP contribution in [0.5, 0.6) is 11.5 Å². The van der Waals surface area contributed by atoms with Gasteiger partial charge in [0, 0.05) is 9.64 Å². The van der Waals surface area contributed by atoms with Crippen LogP contribution in [0.25, 0.3) is 0 Å². The van der Waals surface area contributed by atoms with E-state index in [1.54, 1.807) is 13.2 Å². The van der Waals surface area contributed by atoms with Crippen molar-refractivity contribution >= 4 is 28.5 Å². The lowest BCUT2D eigenvalue weighted by molar-refractivity contribution is 0.0946. The third kappa shape index (κ3) is 4.63. The number of carbonyl (C=O) groups is 1. The second kappa shape index (κ2) is 7.87. The van der Waals surface area contributed by atoms with Gasteiger partial charge in [-0.2, -0.15) is 0 Å². The van der Waals surface area contributed by atoms with E-state index in [0.29, 0.717) is 18.7 Å². The topological polar surface area (TPSA) is 47.6 Å². The molecule has 0 radical (unpaired) electrons. The van der Waals surface area contributed by atoms with Crippen LogP contribution in [0.15, 0.2) is 48.5 Å². The molecule has 0 bridgehead atoms. The standard InChI is InChI=1S/C16H16INO3/c1-20-12-5-4-6-13(11-12)21-10-9-18-16(19)14-7-2-3-8-15(14)17/h2-8,11H,9-10H2,1H3,(H,18,19). The molecule has 0 saturated heterocycles. The Balaban J connectivity index is 1.79. The molecule has 1 amide bonds. The lowest BCUT2D eigenvalue weighted by Gasteiger charge is -2.09. The number of amides is 1. The van der Waals surface area contributed by atoms with Gasteiger partial charge in [0.15, 0.2) is 0 Å². The number of hydrogen-bond donors (Lipinski definition) is 1. The van der Waals surface area contributed by atoms with Gasteiger partial charge in [-0.15, -0.1) is 0 Å². The summed E-state index contributed by atoms with van der Waals surface area (Å²) in [7, 11) is 1.61. The number of hydrogen-bond acceptors (Lipinski definition) is 3. The highest BCUT2D eigenvalue weighted by molar-refractivity contribution is 14.1. The normalized spacial score (nSPS) is 10.0. The Morgan fingerprint density at radius 2 is 1.90 bits per heavy atom. The van der Waals surface area contributed by atoms with Crippen molar-refractivity contribution in [2.75, 3.05) is 20.3 Å². The molecule has 0 aliphatic heterocycles. The van der Waals surface area contributed by atoms with Gasteiger partial charge >= 0.3 is 0 Å². The molecule has 0 aliphatic rings. The van der Waals surface area contributed by atoms with Crippen LogP contribution in [-0.2, 0) is 0 Å². The summed E-state index contributed by atoms with van der Waals surface area (Å²) in [5, 5.41) is 2.84. The third-order valence-electron chi connectivity index (χ3n) is 2.82. The first-order valence-electron chi connectivity index (χ1n) is 6.50. The fraction of sp³-hybridized carbons (Fsp3) is 0.188. The molecule has 0 aliphatic carbocycles. The average molecular weight is 397 g/mol. The van der Waals surface area contributed by atoms with E-state index in [-0.39, 0.29) is 5.91 Å². The Morgan fingerprint density at radius 3 is 2.67 bits per heavy atom. The zero-order chi connectivity index (χ0) is 15.1. The zero-order valence-electron chi connectivity index (χ0n) is 11.6. The highest BCUT2D eigenvalue weighted by Crippen LogP contribution is 2.18. The highest BCUT2D eigenvalue weighted by atomic mass is 127. The number of carbonyl (C=O) groups excluding carboxylic acids is 1. The van der Waals surface area contributed by atoms with Gasteiger partial charge in [-0.1, -0.05) is 18.2 Å². The number of benzene rings is 2. The van der Waals surface area contributed by atoms with Gasteiger partial charge in [0.05, 0.1) is 19.2 Å². The van der Waals surface area contributed by atoms with Crippen LogP contribution in [0, 0.1) is 3.57 Å². The molecule has 4 nitrogen and oxygen atoms in total. The van der Waals surface area contributed by atoms with Crippen molar-refractivity contribution in [2.45, 2.75) is 0 Å². The lowest BCUT2D eigenvalue weighted by atomic mass is 10.2. The van der Waals surface area contributed by atoms with Crippen LogP contribution < -0.4 is 14.8 Å². The van der Waals surface area contributed by atoms with E-state index in [1.807, 2.05) is 42.5 Å². The Labute approximate surface area is 137 Å². The van der Waals surface area contributed by atoms with Gasteiger partial charge in [-0.05, 0) is 46.9 Å². The Morgan fingerprint density at radius 1 is 1.14 bits per heavy atom. The van der Waals surface area contributed by atoms with Crippen LogP contribution in [0.2, 0.25) is 0 Å². The van der Waals surface area contributed by atoms with Gasteiger partial charge in [0.1, 0.15) is 18.1 Å². The van der Waals surface area contributed by atoms with E-state index in [2.05, 4.69) is 27.9 Å². The molecular formula is C16H16INO3. The fourth-order valence-electron chi connectivity index (χ4n) is 1.76. The molecule has 21 heavy (non-hydrogen) atoms. The number of ether oxygens (including phenoxy) is 2. The second-order valence-electron chi connectivity index (χ2n) is 4.26. The van der Waals surface area contributed by atoms with Gasteiger partial charge in [0.2, 0.25) is 0 Å². The lowest BCUT2D eigenvalue weighted by Crippen LogP contribution is -2.28. The molecule has 0 spiro atoms. The highest BCUT2D eigenvalue weighted by Gasteiger charge is 2.08. The van der Waals surface area contributed by atoms with Crippen molar-refractivity contribution in [2.24, 2.45) is 0 Å². The maximum atomic E-state index is 12.0. The predicted octanol–water partition coefficient (Wildman–Crippen LogP) is 3.11. The molecule has 2 aromatic rings. The van der Waals surface area contributed by atoms with Gasteiger partial charge in [-0.3, -0.25) is 4.79 Å². The summed E-state index contributed by atoms with van der Waals surface area (Å²) in [4.78, 5) is 12.0. The van der Waals surface area contributed by atoms with Gasteiger partial charge in [0.25, 0.3) is 5.91 Å². The van der Waals surface area contributed by atoms with Crippen LogP contribution in [0.3, 0.4) is 0 Å². The molecule has 110 valence electrons. The fourth-order valence-corrected chi connectivity index (χ4v) is 2.40. The van der Waals surface area contributed by atoms with E-state index in [4.69, 9.17) is 9.47 Å². The molecule has 0 heterocycles. The second-order valence-corrected chi connectivity index (χ2v) is 5.43. The first-order valence-corrected chi connectivity index (χ1v) is 7.58. The summed E-state index contributed by atoms with van der Waals surface area (Å²) in [6, 6.07) is 14.8. The molecule has 5 heteroatoms. The third-order valence-corrected chi connectivity index (χ3v) is 3.76. The first kappa shape index (κ1) is 15.6. The van der Waals surface area contributed by atoms with Gasteiger partial charge in [-0.25, -0.2) is 0 Å². The van der Waals surface area contributed by atoms with Crippen molar-refractivity contribution in [3.8, 4) is 11.5 Å². The molecule has 0 fully saturated rings. The molecule has 0 unspecified atom stereocenters. The molecule has 0 aromatic heterocycles. The Hall–Kier alpha value is -1.76. The van der Waals surface area contributed by atoms with E-state index in [1.165, 1.54) is 0 Å². The van der Waals surface area contributed by atoms with Crippen molar-refractivity contribution in [1.29, 1.82) is 0 Å². The summed E-state index contributed by atoms with van der Waals surface area (Å²) in [6.07, 6.45) is 0. The van der Waals surface area contributed by atoms with E-state index in [0.717, 1.165) is 15.1 Å². The van der Waals surface area contributed by atoms with Crippen molar-refractivity contribution in [3.05, 3.63) is 57.7 Å². The van der Waals surface area contributed by atoms with E-state index >= 15 is 0 Å². The quantitative estimate of drug-likeness (QED) is 0.602. The maximum Gasteiger partial charge on any atom is 0.252 e. The van der Waals surface area contributed by atoms with Crippen molar-refractivity contribution in [3.63, 3.8) is 0 Å². The summed E-state index contributed by atoms with van der Waals surface area (Å²) >= 11 is 2.15. The van der Waals surface area contributed by atoms with Crippen molar-refractivity contribution in [1.82, 2.24) is 5.32 Å². The minimum Gasteiger partial charge on any atom is -0.497 e. The Bertz CT molecular complexity index is 616. The van der Waals surface area contributed by atoms with Gasteiger partial charge < -0.3 is 14.8 Å². The monoisotopic (exact) mass is 397 g/mol. The molecule has 0 saturated carbocycles. The molecular weight excluding hydrogens is 381 g/mol. The summed E-state index contributed by atoms with van der Waals surface area (Å²) in [5.74, 6) is 1.38. The first-order chi connectivity index (χ1) is 10.2. The summed E-state index contributed by atoms with van der Waals surface area (Å²) in [5.41, 5.74) is 0.680. The number of halogens is 1. The molecule has 0 atom stereocenters. The summed E-state index contributed by atoms with van der Waals surface area (Å²) in [6.45, 7) is 0.851. The minimum absolute atomic E-state index is 0.0887. The number of rotatable bonds is 6. The Kier molecular flexibility index (Phi) is 5.86. The average Bonchev–Trinajstić information content (AvgIpc) is 2.52. The van der Waals surface area contributed by atoms with Crippen LogP contribution in [0.1, 0.15) is 10.4 Å². The van der Waals surface area contributed by atoms with Crippen LogP contribution in [0.4, 0.5) is 0 Å². The minimum atomic E-state index is -0.0887. The number of nitrogens with one attached hydrogen (secondary N) is 1. The number of methoxy groups -OCH3 is 1.